The third-order valence-corrected chi connectivity index (χ3v) is 8.01. The maximum Gasteiger partial charge on any atom is 0.298 e. The molecular formula is C35H36N2O6. The third kappa shape index (κ3) is 6.81. The minimum absolute atomic E-state index is 0.225. The predicted molar refractivity (Wildman–Crippen MR) is 165 cm³/mol. The molecule has 0 atom stereocenters. The van der Waals surface area contributed by atoms with Crippen LogP contribution in [-0.4, -0.2) is 76.2 Å². The third-order valence-electron chi connectivity index (χ3n) is 8.01. The zero-order valence-electron chi connectivity index (χ0n) is 25.2. The van der Waals surface area contributed by atoms with Crippen LogP contribution in [0, 0.1) is 23.7 Å². The smallest absolute Gasteiger partial charge is 0.298 e. The van der Waals surface area contributed by atoms with Gasteiger partial charge in [-0.25, -0.2) is 0 Å². The fraction of sp³-hybridized carbons (Fsp3) is 0.371. The predicted octanol–water partition coefficient (Wildman–Crippen LogP) is 4.15. The van der Waals surface area contributed by atoms with Crippen LogP contribution in [0.25, 0.3) is 12.2 Å². The summed E-state index contributed by atoms with van der Waals surface area (Å²) in [6.45, 7) is 1.96. The Kier molecular flexibility index (Phi) is 9.27. The first-order valence-electron chi connectivity index (χ1n) is 14.4. The highest BCUT2D eigenvalue weighted by Gasteiger charge is 2.21. The number of aryl methyl sites for hydroxylation is 2. The molecule has 1 saturated heterocycles. The highest BCUT2D eigenvalue weighted by atomic mass is 16.5. The van der Waals surface area contributed by atoms with Crippen LogP contribution in [0.15, 0.2) is 35.4 Å². The maximum absolute atomic E-state index is 13.0. The van der Waals surface area contributed by atoms with Gasteiger partial charge in [0.2, 0.25) is 0 Å². The molecule has 0 aromatic heterocycles. The Morgan fingerprint density at radius 2 is 0.977 bits per heavy atom. The lowest BCUT2D eigenvalue weighted by Gasteiger charge is -2.19. The average Bonchev–Trinajstić information content (AvgIpc) is 3.31. The van der Waals surface area contributed by atoms with Crippen LogP contribution in [0.4, 0.5) is 0 Å². The summed E-state index contributed by atoms with van der Waals surface area (Å²) in [5.74, 6) is 14.1. The van der Waals surface area contributed by atoms with Crippen molar-refractivity contribution in [3.8, 4) is 46.7 Å². The molecule has 3 aliphatic rings. The summed E-state index contributed by atoms with van der Waals surface area (Å²) >= 11 is 0. The molecule has 1 aliphatic heterocycles. The van der Waals surface area contributed by atoms with Gasteiger partial charge >= 0.3 is 0 Å². The Morgan fingerprint density at radius 1 is 0.581 bits per heavy atom. The number of methoxy groups -OCH3 is 4. The summed E-state index contributed by atoms with van der Waals surface area (Å²) in [4.78, 5) is 29.3. The minimum atomic E-state index is -0.225. The number of hydrogen-bond acceptors (Lipinski definition) is 6. The van der Waals surface area contributed by atoms with Crippen LogP contribution in [0.3, 0.4) is 0 Å². The second-order valence-electron chi connectivity index (χ2n) is 10.6. The lowest BCUT2D eigenvalue weighted by Crippen LogP contribution is -2.36. The molecule has 2 aromatic rings. The van der Waals surface area contributed by atoms with Crippen molar-refractivity contribution >= 4 is 24.0 Å². The summed E-state index contributed by atoms with van der Waals surface area (Å²) in [7, 11) is 6.48. The monoisotopic (exact) mass is 580 g/mol. The fourth-order valence-corrected chi connectivity index (χ4v) is 5.58. The van der Waals surface area contributed by atoms with Crippen molar-refractivity contribution in [2.45, 2.75) is 32.1 Å². The van der Waals surface area contributed by atoms with Crippen LogP contribution in [0.2, 0.25) is 0 Å². The van der Waals surface area contributed by atoms with Crippen LogP contribution >= 0.6 is 0 Å². The van der Waals surface area contributed by atoms with Crippen molar-refractivity contribution in [2.75, 3.05) is 54.6 Å². The molecule has 2 amide bonds. The van der Waals surface area contributed by atoms with E-state index >= 15 is 0 Å². The molecular weight excluding hydrogens is 544 g/mol. The molecule has 2 aromatic carbocycles. The van der Waals surface area contributed by atoms with Crippen LogP contribution in [0.5, 0.6) is 23.0 Å². The summed E-state index contributed by atoms with van der Waals surface area (Å²) in [6.07, 6.45) is 7.85. The number of hydrogen-bond donors (Lipinski definition) is 0. The average molecular weight is 581 g/mol. The van der Waals surface area contributed by atoms with Crippen LogP contribution in [0.1, 0.15) is 41.5 Å². The second-order valence-corrected chi connectivity index (χ2v) is 10.6. The number of fused-ring (bicyclic) bond motifs is 2. The van der Waals surface area contributed by atoms with E-state index in [2.05, 4.69) is 23.7 Å². The van der Waals surface area contributed by atoms with Gasteiger partial charge < -0.3 is 28.7 Å². The van der Waals surface area contributed by atoms with E-state index in [0.717, 1.165) is 48.0 Å². The fourth-order valence-electron chi connectivity index (χ4n) is 5.58. The van der Waals surface area contributed by atoms with Crippen molar-refractivity contribution in [1.29, 1.82) is 0 Å². The van der Waals surface area contributed by atoms with Crippen molar-refractivity contribution < 1.29 is 28.5 Å². The molecule has 0 radical (unpaired) electrons. The molecule has 1 heterocycles. The molecule has 0 unspecified atom stereocenters. The molecule has 8 nitrogen and oxygen atoms in total. The Balaban J connectivity index is 1.19. The van der Waals surface area contributed by atoms with E-state index in [4.69, 9.17) is 18.9 Å². The number of carbonyl (C=O) groups excluding carboxylic acids is 2. The molecule has 0 N–H and O–H groups in total. The SMILES string of the molecule is COc1cc2c(cc1OC)CCC(C#CC(=O)N1CCCN(C(=O)C#CC3=Cc4cc(OC)c(OC)cc4CC3)CC1)=C2. The van der Waals surface area contributed by atoms with Crippen molar-refractivity contribution in [3.05, 3.63) is 57.7 Å². The van der Waals surface area contributed by atoms with Gasteiger partial charge in [-0.1, -0.05) is 11.8 Å². The molecule has 0 saturated carbocycles. The number of carbonyl (C=O) groups is 2. The van der Waals surface area contributed by atoms with Gasteiger partial charge in [-0.05, 0) is 90.8 Å². The van der Waals surface area contributed by atoms with Crippen LogP contribution < -0.4 is 18.9 Å². The normalized spacial score (nSPS) is 15.5. The first-order chi connectivity index (χ1) is 20.9. The lowest BCUT2D eigenvalue weighted by atomic mass is 9.92. The molecule has 43 heavy (non-hydrogen) atoms. The number of ether oxygens (including phenoxy) is 4. The quantitative estimate of drug-likeness (QED) is 0.506. The first kappa shape index (κ1) is 29.7. The highest BCUT2D eigenvalue weighted by molar-refractivity contribution is 5.95. The van der Waals surface area contributed by atoms with Crippen molar-refractivity contribution in [3.63, 3.8) is 0 Å². The number of nitrogens with zero attached hydrogens (tertiary/aromatic N) is 2. The van der Waals surface area contributed by atoms with Gasteiger partial charge in [0.05, 0.1) is 28.4 Å². The van der Waals surface area contributed by atoms with Gasteiger partial charge in [-0.2, -0.15) is 0 Å². The van der Waals surface area contributed by atoms with Crippen molar-refractivity contribution in [2.24, 2.45) is 0 Å². The Morgan fingerprint density at radius 3 is 1.37 bits per heavy atom. The zero-order valence-corrected chi connectivity index (χ0v) is 25.2. The van der Waals surface area contributed by atoms with Gasteiger partial charge in [0.1, 0.15) is 0 Å². The van der Waals surface area contributed by atoms with Gasteiger partial charge in [-0.3, -0.25) is 9.59 Å². The molecule has 1 fully saturated rings. The zero-order chi connectivity index (χ0) is 30.3. The van der Waals surface area contributed by atoms with E-state index in [0.29, 0.717) is 55.6 Å². The summed E-state index contributed by atoms with van der Waals surface area (Å²) in [5.41, 5.74) is 6.21. The molecule has 2 aliphatic carbocycles. The largest absolute Gasteiger partial charge is 0.493 e. The topological polar surface area (TPSA) is 77.5 Å². The molecule has 5 rings (SSSR count). The van der Waals surface area contributed by atoms with E-state index < -0.39 is 0 Å². The van der Waals surface area contributed by atoms with E-state index in [-0.39, 0.29) is 11.8 Å². The van der Waals surface area contributed by atoms with Crippen LogP contribution in [-0.2, 0) is 22.4 Å². The molecule has 8 heteroatoms. The Bertz CT molecular complexity index is 1500. The van der Waals surface area contributed by atoms with Gasteiger partial charge in [0, 0.05) is 49.2 Å². The van der Waals surface area contributed by atoms with Gasteiger partial charge in [0.25, 0.3) is 11.8 Å². The highest BCUT2D eigenvalue weighted by Crippen LogP contribution is 2.36. The summed E-state index contributed by atoms with van der Waals surface area (Å²) in [6, 6.07) is 7.88. The molecule has 0 bridgehead atoms. The van der Waals surface area contributed by atoms with Crippen molar-refractivity contribution in [1.82, 2.24) is 9.80 Å². The number of benzene rings is 2. The Hall–Kier alpha value is -4.82. The maximum atomic E-state index is 13.0. The van der Waals surface area contributed by atoms with E-state index in [9.17, 15) is 9.59 Å². The number of rotatable bonds is 4. The van der Waals surface area contributed by atoms with E-state index in [1.807, 2.05) is 36.4 Å². The number of amides is 2. The summed E-state index contributed by atoms with van der Waals surface area (Å²) < 4.78 is 21.7. The lowest BCUT2D eigenvalue weighted by molar-refractivity contribution is -0.127. The molecule has 222 valence electrons. The Labute approximate surface area is 253 Å². The van der Waals surface area contributed by atoms with Gasteiger partial charge in [0.15, 0.2) is 23.0 Å². The van der Waals surface area contributed by atoms with E-state index in [1.165, 1.54) is 11.1 Å². The van der Waals surface area contributed by atoms with E-state index in [1.54, 1.807) is 38.2 Å². The standard InChI is InChI=1S/C35H36N2O6/c1-40-30-20-26-10-6-24(18-28(26)22-32(30)42-3)8-12-34(38)36-14-5-15-37(17-16-36)35(39)13-9-25-7-11-27-21-31(41-2)33(43-4)23-29(27)19-25/h18-23H,5-7,10-11,14-17H2,1-4H3. The first-order valence-corrected chi connectivity index (χ1v) is 14.4. The summed E-state index contributed by atoms with van der Waals surface area (Å²) in [5, 5.41) is 0. The second kappa shape index (κ2) is 13.4. The number of allylic oxidation sites excluding steroid dienone is 2. The minimum Gasteiger partial charge on any atom is -0.493 e. The van der Waals surface area contributed by atoms with Gasteiger partial charge in [-0.15, -0.1) is 0 Å². The molecule has 0 spiro atoms.